The quantitative estimate of drug-likeness (QED) is 0.720. The number of hydrogen-bond acceptors (Lipinski definition) is 6. The van der Waals surface area contributed by atoms with E-state index in [1.165, 1.54) is 0 Å². The van der Waals surface area contributed by atoms with Gasteiger partial charge in [0.05, 0.1) is 5.75 Å². The topological polar surface area (TPSA) is 110 Å². The molecule has 114 valence electrons. The Bertz CT molecular complexity index is 551. The normalized spacial score (nSPS) is 12.2. The Labute approximate surface area is 120 Å². The lowest BCUT2D eigenvalue weighted by atomic mass is 9.96. The van der Waals surface area contributed by atoms with Crippen LogP contribution in [-0.4, -0.2) is 37.2 Å². The highest BCUT2D eigenvalue weighted by Gasteiger charge is 2.19. The van der Waals surface area contributed by atoms with E-state index in [-0.39, 0.29) is 17.7 Å². The van der Waals surface area contributed by atoms with E-state index in [1.807, 2.05) is 27.7 Å². The van der Waals surface area contributed by atoms with E-state index < -0.39 is 10.0 Å². The smallest absolute Gasteiger partial charge is 0.210 e. The van der Waals surface area contributed by atoms with Crippen molar-refractivity contribution < 1.29 is 8.42 Å². The van der Waals surface area contributed by atoms with Gasteiger partial charge in [0, 0.05) is 24.6 Å². The molecule has 1 rings (SSSR count). The Balaban J connectivity index is 2.91. The standard InChI is InChI=1S/C12H23N5O2S/c1-5-14-9-8-10(15-6-7-20(13,18)19)17-11(16-9)12(2,3)4/h8H,5-7H2,1-4H3,(H2,13,18,19)(H2,14,15,16,17). The fraction of sp³-hybridized carbons (Fsp3) is 0.667. The number of anilines is 2. The number of primary sulfonamides is 1. The van der Waals surface area contributed by atoms with Crippen molar-refractivity contribution in [1.29, 1.82) is 0 Å². The predicted molar refractivity (Wildman–Crippen MR) is 81.4 cm³/mol. The second-order valence-corrected chi connectivity index (χ2v) is 7.27. The van der Waals surface area contributed by atoms with Gasteiger partial charge in [0.15, 0.2) is 0 Å². The molecule has 0 radical (unpaired) electrons. The van der Waals surface area contributed by atoms with E-state index in [9.17, 15) is 8.42 Å². The minimum absolute atomic E-state index is 0.140. The van der Waals surface area contributed by atoms with Gasteiger partial charge in [0.25, 0.3) is 0 Å². The van der Waals surface area contributed by atoms with Crippen molar-refractivity contribution >= 4 is 21.7 Å². The highest BCUT2D eigenvalue weighted by Crippen LogP contribution is 2.22. The highest BCUT2D eigenvalue weighted by molar-refractivity contribution is 7.89. The summed E-state index contributed by atoms with van der Waals surface area (Å²) < 4.78 is 21.8. The molecule has 0 aliphatic rings. The van der Waals surface area contributed by atoms with Gasteiger partial charge in [-0.15, -0.1) is 0 Å². The molecule has 0 fully saturated rings. The maximum atomic E-state index is 10.9. The third kappa shape index (κ3) is 5.70. The van der Waals surface area contributed by atoms with E-state index in [0.717, 1.165) is 6.54 Å². The van der Waals surface area contributed by atoms with Gasteiger partial charge >= 0.3 is 0 Å². The summed E-state index contributed by atoms with van der Waals surface area (Å²) in [6.45, 7) is 9.00. The summed E-state index contributed by atoms with van der Waals surface area (Å²) in [6.07, 6.45) is 0. The zero-order valence-corrected chi connectivity index (χ0v) is 13.2. The van der Waals surface area contributed by atoms with Gasteiger partial charge in [-0.2, -0.15) is 0 Å². The molecule has 0 atom stereocenters. The van der Waals surface area contributed by atoms with Gasteiger partial charge < -0.3 is 10.6 Å². The zero-order chi connectivity index (χ0) is 15.4. The van der Waals surface area contributed by atoms with E-state index in [4.69, 9.17) is 5.14 Å². The van der Waals surface area contributed by atoms with Crippen molar-refractivity contribution in [1.82, 2.24) is 9.97 Å². The number of nitrogens with two attached hydrogens (primary N) is 1. The van der Waals surface area contributed by atoms with E-state index in [0.29, 0.717) is 17.5 Å². The fourth-order valence-corrected chi connectivity index (χ4v) is 1.85. The average molecular weight is 301 g/mol. The number of hydrogen-bond donors (Lipinski definition) is 3. The first-order valence-corrected chi connectivity index (χ1v) is 8.21. The van der Waals surface area contributed by atoms with Crippen LogP contribution < -0.4 is 15.8 Å². The molecule has 0 aliphatic heterocycles. The Morgan fingerprint density at radius 1 is 1.20 bits per heavy atom. The van der Waals surface area contributed by atoms with Crippen LogP contribution in [0.2, 0.25) is 0 Å². The van der Waals surface area contributed by atoms with Crippen LogP contribution in [0.25, 0.3) is 0 Å². The second kappa shape index (κ2) is 6.36. The molecule has 0 amide bonds. The molecule has 1 heterocycles. The molecule has 0 saturated carbocycles. The molecule has 0 aliphatic carbocycles. The summed E-state index contributed by atoms with van der Waals surface area (Å²) >= 11 is 0. The Morgan fingerprint density at radius 2 is 1.75 bits per heavy atom. The van der Waals surface area contributed by atoms with Crippen LogP contribution in [-0.2, 0) is 15.4 Å². The van der Waals surface area contributed by atoms with E-state index >= 15 is 0 Å². The van der Waals surface area contributed by atoms with Crippen LogP contribution in [0.4, 0.5) is 11.6 Å². The average Bonchev–Trinajstić information content (AvgIpc) is 2.26. The summed E-state index contributed by atoms with van der Waals surface area (Å²) in [6, 6.07) is 1.75. The summed E-state index contributed by atoms with van der Waals surface area (Å²) in [5, 5.41) is 11.1. The number of nitrogens with one attached hydrogen (secondary N) is 2. The lowest BCUT2D eigenvalue weighted by Crippen LogP contribution is -2.23. The minimum Gasteiger partial charge on any atom is -0.370 e. The van der Waals surface area contributed by atoms with Gasteiger partial charge in [0.1, 0.15) is 17.5 Å². The summed E-state index contributed by atoms with van der Waals surface area (Å²) in [7, 11) is -3.47. The lowest BCUT2D eigenvalue weighted by molar-refractivity contribution is 0.546. The molecule has 0 saturated heterocycles. The molecular weight excluding hydrogens is 278 g/mol. The molecule has 7 nitrogen and oxygen atoms in total. The Kier molecular flexibility index (Phi) is 5.29. The molecule has 0 unspecified atom stereocenters. The van der Waals surface area contributed by atoms with Crippen LogP contribution >= 0.6 is 0 Å². The molecule has 0 spiro atoms. The molecular formula is C12H23N5O2S. The molecule has 1 aromatic rings. The molecule has 0 bridgehead atoms. The van der Waals surface area contributed by atoms with E-state index in [1.54, 1.807) is 6.07 Å². The summed E-state index contributed by atoms with van der Waals surface area (Å²) in [5.74, 6) is 1.85. The first-order chi connectivity index (χ1) is 9.12. The largest absolute Gasteiger partial charge is 0.370 e. The van der Waals surface area contributed by atoms with Gasteiger partial charge in [0.2, 0.25) is 10.0 Å². The molecule has 1 aromatic heterocycles. The van der Waals surface area contributed by atoms with Gasteiger partial charge in [-0.3, -0.25) is 0 Å². The van der Waals surface area contributed by atoms with Crippen molar-refractivity contribution in [2.45, 2.75) is 33.1 Å². The van der Waals surface area contributed by atoms with Crippen molar-refractivity contribution in [3.05, 3.63) is 11.9 Å². The molecule has 0 aromatic carbocycles. The fourth-order valence-electron chi connectivity index (χ4n) is 1.47. The van der Waals surface area contributed by atoms with Gasteiger partial charge in [-0.25, -0.2) is 23.5 Å². The highest BCUT2D eigenvalue weighted by atomic mass is 32.2. The molecule has 8 heteroatoms. The molecule has 4 N–H and O–H groups in total. The van der Waals surface area contributed by atoms with Crippen molar-refractivity contribution in [3.8, 4) is 0 Å². The maximum absolute atomic E-state index is 10.9. The SMILES string of the molecule is CCNc1cc(NCCS(N)(=O)=O)nc(C(C)(C)C)n1. The minimum atomic E-state index is -3.47. The zero-order valence-electron chi connectivity index (χ0n) is 12.4. The third-order valence-electron chi connectivity index (χ3n) is 2.45. The van der Waals surface area contributed by atoms with Crippen LogP contribution in [0, 0.1) is 0 Å². The van der Waals surface area contributed by atoms with Crippen molar-refractivity contribution in [3.63, 3.8) is 0 Å². The van der Waals surface area contributed by atoms with Gasteiger partial charge in [-0.1, -0.05) is 20.8 Å². The number of sulfonamides is 1. The van der Waals surface area contributed by atoms with Crippen molar-refractivity contribution in [2.75, 3.05) is 29.5 Å². The second-order valence-electron chi connectivity index (χ2n) is 5.54. The first-order valence-electron chi connectivity index (χ1n) is 6.49. The number of rotatable bonds is 6. The third-order valence-corrected chi connectivity index (χ3v) is 3.22. The van der Waals surface area contributed by atoms with Crippen LogP contribution in [0.1, 0.15) is 33.5 Å². The number of nitrogens with zero attached hydrogens (tertiary/aromatic N) is 2. The summed E-state index contributed by atoms with van der Waals surface area (Å²) in [4.78, 5) is 8.85. The monoisotopic (exact) mass is 301 g/mol. The Morgan fingerprint density at radius 3 is 2.20 bits per heavy atom. The van der Waals surface area contributed by atoms with Crippen LogP contribution in [0.15, 0.2) is 6.07 Å². The van der Waals surface area contributed by atoms with Crippen molar-refractivity contribution in [2.24, 2.45) is 5.14 Å². The Hall–Kier alpha value is -1.41. The maximum Gasteiger partial charge on any atom is 0.210 e. The molecule has 20 heavy (non-hydrogen) atoms. The van der Waals surface area contributed by atoms with Crippen LogP contribution in [0.5, 0.6) is 0 Å². The predicted octanol–water partition coefficient (Wildman–Crippen LogP) is 0.906. The van der Waals surface area contributed by atoms with E-state index in [2.05, 4.69) is 20.6 Å². The van der Waals surface area contributed by atoms with Gasteiger partial charge in [-0.05, 0) is 6.92 Å². The number of aromatic nitrogens is 2. The lowest BCUT2D eigenvalue weighted by Gasteiger charge is -2.19. The summed E-state index contributed by atoms with van der Waals surface area (Å²) in [5.41, 5.74) is -0.193. The van der Waals surface area contributed by atoms with Crippen LogP contribution in [0.3, 0.4) is 0 Å². The first kappa shape index (κ1) is 16.6.